The Morgan fingerprint density at radius 1 is 0.903 bits per heavy atom. The molecule has 0 spiro atoms. The van der Waals surface area contributed by atoms with Crippen molar-refractivity contribution in [1.29, 1.82) is 0 Å². The van der Waals surface area contributed by atoms with Crippen LogP contribution in [0.4, 0.5) is 10.5 Å². The SMILES string of the molecule is CC[C@]1(c2ccccc2)NC(=O)N(CC(=O)Nc2ccccc2-c2ccccc2)C1=O. The Morgan fingerprint density at radius 3 is 2.19 bits per heavy atom. The summed E-state index contributed by atoms with van der Waals surface area (Å²) in [5.41, 5.74) is 1.99. The summed E-state index contributed by atoms with van der Waals surface area (Å²) < 4.78 is 0. The summed E-state index contributed by atoms with van der Waals surface area (Å²) in [6.45, 7) is 1.48. The van der Waals surface area contributed by atoms with Crippen LogP contribution in [-0.2, 0) is 15.1 Å². The zero-order valence-electron chi connectivity index (χ0n) is 17.2. The summed E-state index contributed by atoms with van der Waals surface area (Å²) in [6.07, 6.45) is 0.385. The van der Waals surface area contributed by atoms with Crippen molar-refractivity contribution in [3.63, 3.8) is 0 Å². The van der Waals surface area contributed by atoms with E-state index < -0.39 is 23.4 Å². The summed E-state index contributed by atoms with van der Waals surface area (Å²) in [7, 11) is 0. The highest BCUT2D eigenvalue weighted by atomic mass is 16.2. The molecule has 1 heterocycles. The smallest absolute Gasteiger partial charge is 0.324 e. The molecule has 6 heteroatoms. The largest absolute Gasteiger partial charge is 0.325 e. The van der Waals surface area contributed by atoms with E-state index >= 15 is 0 Å². The number of rotatable bonds is 6. The van der Waals surface area contributed by atoms with Gasteiger partial charge in [0.15, 0.2) is 0 Å². The molecule has 0 unspecified atom stereocenters. The fourth-order valence-corrected chi connectivity index (χ4v) is 3.93. The third-order valence-corrected chi connectivity index (χ3v) is 5.56. The first kappa shape index (κ1) is 20.3. The number of carbonyl (C=O) groups excluding carboxylic acids is 3. The van der Waals surface area contributed by atoms with Crippen LogP contribution in [0.2, 0.25) is 0 Å². The van der Waals surface area contributed by atoms with Crippen LogP contribution in [0.5, 0.6) is 0 Å². The lowest BCUT2D eigenvalue weighted by Gasteiger charge is -2.25. The van der Waals surface area contributed by atoms with Crippen LogP contribution in [0.1, 0.15) is 18.9 Å². The molecule has 3 aromatic rings. The van der Waals surface area contributed by atoms with E-state index in [-0.39, 0.29) is 6.54 Å². The maximum atomic E-state index is 13.2. The highest BCUT2D eigenvalue weighted by Crippen LogP contribution is 2.32. The van der Waals surface area contributed by atoms with Gasteiger partial charge in [-0.15, -0.1) is 0 Å². The van der Waals surface area contributed by atoms with Gasteiger partial charge in [0.1, 0.15) is 12.1 Å². The van der Waals surface area contributed by atoms with Gasteiger partial charge in [-0.05, 0) is 23.6 Å². The van der Waals surface area contributed by atoms with Gasteiger partial charge in [-0.3, -0.25) is 14.5 Å². The molecule has 1 aliphatic rings. The molecule has 31 heavy (non-hydrogen) atoms. The molecule has 0 bridgehead atoms. The fraction of sp³-hybridized carbons (Fsp3) is 0.160. The molecule has 4 rings (SSSR count). The molecule has 0 saturated carbocycles. The molecule has 156 valence electrons. The maximum absolute atomic E-state index is 13.2. The van der Waals surface area contributed by atoms with Crippen molar-refractivity contribution in [3.8, 4) is 11.1 Å². The molecule has 1 atom stereocenters. The van der Waals surface area contributed by atoms with E-state index in [0.717, 1.165) is 16.0 Å². The highest BCUT2D eigenvalue weighted by Gasteiger charge is 2.51. The number of amides is 4. The van der Waals surface area contributed by atoms with E-state index in [4.69, 9.17) is 0 Å². The van der Waals surface area contributed by atoms with E-state index in [2.05, 4.69) is 10.6 Å². The second-order valence-electron chi connectivity index (χ2n) is 7.41. The van der Waals surface area contributed by atoms with Crippen molar-refractivity contribution < 1.29 is 14.4 Å². The first-order valence-electron chi connectivity index (χ1n) is 10.2. The third-order valence-electron chi connectivity index (χ3n) is 5.56. The minimum Gasteiger partial charge on any atom is -0.324 e. The van der Waals surface area contributed by atoms with Gasteiger partial charge in [-0.2, -0.15) is 0 Å². The number of nitrogens with one attached hydrogen (secondary N) is 2. The predicted molar refractivity (Wildman–Crippen MR) is 119 cm³/mol. The molecular formula is C25H23N3O3. The Hall–Kier alpha value is -3.93. The van der Waals surface area contributed by atoms with E-state index in [1.54, 1.807) is 18.2 Å². The molecule has 6 nitrogen and oxygen atoms in total. The standard InChI is InChI=1S/C25H23N3O3/c1-2-25(19-13-7-4-8-14-19)23(30)28(24(31)27-25)17-22(29)26-21-16-10-9-15-20(21)18-11-5-3-6-12-18/h3-16H,2,17H2,1H3,(H,26,29)(H,27,31)/t25-/m1/s1. The molecule has 1 saturated heterocycles. The van der Waals surface area contributed by atoms with Gasteiger partial charge in [0.2, 0.25) is 5.91 Å². The number of nitrogens with zero attached hydrogens (tertiary/aromatic N) is 1. The number of carbonyl (C=O) groups is 3. The first-order valence-corrected chi connectivity index (χ1v) is 10.2. The van der Waals surface area contributed by atoms with Crippen molar-refractivity contribution in [2.24, 2.45) is 0 Å². The zero-order chi connectivity index (χ0) is 21.8. The molecular weight excluding hydrogens is 390 g/mol. The fourth-order valence-electron chi connectivity index (χ4n) is 3.93. The quantitative estimate of drug-likeness (QED) is 0.596. The monoisotopic (exact) mass is 413 g/mol. The topological polar surface area (TPSA) is 78.5 Å². The second kappa shape index (κ2) is 8.44. The molecule has 1 fully saturated rings. The zero-order valence-corrected chi connectivity index (χ0v) is 17.2. The molecule has 2 N–H and O–H groups in total. The Bertz CT molecular complexity index is 1120. The van der Waals surface area contributed by atoms with Gasteiger partial charge >= 0.3 is 6.03 Å². The number of hydrogen-bond acceptors (Lipinski definition) is 3. The Morgan fingerprint density at radius 2 is 1.52 bits per heavy atom. The van der Waals surface area contributed by atoms with Crippen LogP contribution in [0.3, 0.4) is 0 Å². The van der Waals surface area contributed by atoms with Crippen LogP contribution in [0.15, 0.2) is 84.9 Å². The molecule has 1 aliphatic heterocycles. The number of imide groups is 1. The number of para-hydroxylation sites is 1. The predicted octanol–water partition coefficient (Wildman–Crippen LogP) is 4.15. The van der Waals surface area contributed by atoms with Gasteiger partial charge < -0.3 is 10.6 Å². The van der Waals surface area contributed by atoms with Crippen molar-refractivity contribution in [2.75, 3.05) is 11.9 Å². The average Bonchev–Trinajstić information content (AvgIpc) is 3.05. The van der Waals surface area contributed by atoms with E-state index in [1.807, 2.05) is 73.7 Å². The van der Waals surface area contributed by atoms with Crippen molar-refractivity contribution in [3.05, 3.63) is 90.5 Å². The summed E-state index contributed by atoms with van der Waals surface area (Å²) >= 11 is 0. The second-order valence-corrected chi connectivity index (χ2v) is 7.41. The number of anilines is 1. The lowest BCUT2D eigenvalue weighted by molar-refractivity contribution is -0.134. The molecule has 0 radical (unpaired) electrons. The Balaban J connectivity index is 1.54. The van der Waals surface area contributed by atoms with E-state index in [9.17, 15) is 14.4 Å². The van der Waals surface area contributed by atoms with Crippen LogP contribution in [0, 0.1) is 0 Å². The van der Waals surface area contributed by atoms with Gasteiger partial charge in [0.05, 0.1) is 0 Å². The molecule has 3 aromatic carbocycles. The third kappa shape index (κ3) is 3.80. The van der Waals surface area contributed by atoms with Crippen LogP contribution in [-0.4, -0.2) is 29.3 Å². The van der Waals surface area contributed by atoms with Crippen molar-refractivity contribution in [1.82, 2.24) is 10.2 Å². The normalized spacial score (nSPS) is 18.0. The Labute approximate surface area is 180 Å². The lowest BCUT2D eigenvalue weighted by Crippen LogP contribution is -2.44. The first-order chi connectivity index (χ1) is 15.0. The van der Waals surface area contributed by atoms with Gasteiger partial charge in [-0.25, -0.2) is 4.79 Å². The van der Waals surface area contributed by atoms with E-state index in [1.165, 1.54) is 0 Å². The minimum absolute atomic E-state index is 0.359. The van der Waals surface area contributed by atoms with Crippen LogP contribution in [0.25, 0.3) is 11.1 Å². The van der Waals surface area contributed by atoms with Gasteiger partial charge in [-0.1, -0.05) is 85.8 Å². The molecule has 0 aromatic heterocycles. The van der Waals surface area contributed by atoms with Gasteiger partial charge in [0.25, 0.3) is 5.91 Å². The summed E-state index contributed by atoms with van der Waals surface area (Å²) in [5, 5.41) is 5.65. The van der Waals surface area contributed by atoms with E-state index in [0.29, 0.717) is 17.7 Å². The lowest BCUT2D eigenvalue weighted by atomic mass is 9.87. The maximum Gasteiger partial charge on any atom is 0.325 e. The average molecular weight is 413 g/mol. The summed E-state index contributed by atoms with van der Waals surface area (Å²) in [6, 6.07) is 25.7. The summed E-state index contributed by atoms with van der Waals surface area (Å²) in [4.78, 5) is 39.6. The van der Waals surface area contributed by atoms with Crippen LogP contribution >= 0.6 is 0 Å². The minimum atomic E-state index is -1.15. The number of urea groups is 1. The number of hydrogen-bond donors (Lipinski definition) is 2. The highest BCUT2D eigenvalue weighted by molar-refractivity contribution is 6.10. The Kier molecular flexibility index (Phi) is 5.54. The van der Waals surface area contributed by atoms with Gasteiger partial charge in [0, 0.05) is 11.3 Å². The number of benzene rings is 3. The van der Waals surface area contributed by atoms with Crippen molar-refractivity contribution in [2.45, 2.75) is 18.9 Å². The van der Waals surface area contributed by atoms with Crippen LogP contribution < -0.4 is 10.6 Å². The molecule has 0 aliphatic carbocycles. The molecule has 4 amide bonds. The van der Waals surface area contributed by atoms with Crippen molar-refractivity contribution >= 4 is 23.5 Å². The summed E-state index contributed by atoms with van der Waals surface area (Å²) in [5.74, 6) is -0.857.